The second kappa shape index (κ2) is 6.88. The smallest absolute Gasteiger partial charge is 0.346 e. The molecule has 3 nitrogen and oxygen atoms in total. The minimum atomic E-state index is -0.671. The van der Waals surface area contributed by atoms with Crippen LogP contribution in [0.4, 0.5) is 0 Å². The maximum atomic E-state index is 10.8. The summed E-state index contributed by atoms with van der Waals surface area (Å²) in [6.07, 6.45) is 0. The molecular weight excluding hydrogens is 235 g/mol. The van der Waals surface area contributed by atoms with Crippen molar-refractivity contribution in [2.45, 2.75) is 11.9 Å². The van der Waals surface area contributed by atoms with E-state index >= 15 is 0 Å². The summed E-state index contributed by atoms with van der Waals surface area (Å²) in [6.45, 7) is 2.48. The van der Waals surface area contributed by atoms with Crippen molar-refractivity contribution in [3.8, 4) is 0 Å². The quantitative estimate of drug-likeness (QED) is 0.544. The van der Waals surface area contributed by atoms with E-state index in [9.17, 15) is 4.79 Å². The predicted octanol–water partition coefficient (Wildman–Crippen LogP) is 1.53. The summed E-state index contributed by atoms with van der Waals surface area (Å²) in [7, 11) is 0. The molecule has 0 amide bonds. The first kappa shape index (κ1) is 11.2. The van der Waals surface area contributed by atoms with E-state index in [2.05, 4.69) is 20.7 Å². The number of carbonyl (C=O) groups is 1. The molecular formula is C6H10BrClO3. The highest BCUT2D eigenvalue weighted by Gasteiger charge is 2.15. The molecule has 0 heterocycles. The number of hydrogen-bond donors (Lipinski definition) is 0. The van der Waals surface area contributed by atoms with Crippen LogP contribution in [0, 0.1) is 0 Å². The average Bonchev–Trinajstić information content (AvgIpc) is 2.00. The summed E-state index contributed by atoms with van der Waals surface area (Å²) >= 11 is 8.29. The van der Waals surface area contributed by atoms with Crippen LogP contribution >= 0.6 is 27.5 Å². The second-order valence-electron chi connectivity index (χ2n) is 1.63. The Morgan fingerprint density at radius 1 is 1.73 bits per heavy atom. The first-order valence-electron chi connectivity index (χ1n) is 3.20. The normalized spacial score (nSPS) is 12.6. The fourth-order valence-corrected chi connectivity index (χ4v) is 0.893. The van der Waals surface area contributed by atoms with Crippen molar-refractivity contribution in [1.82, 2.24) is 0 Å². The first-order chi connectivity index (χ1) is 5.22. The first-order valence-corrected chi connectivity index (χ1v) is 4.65. The Balaban J connectivity index is 3.47. The van der Waals surface area contributed by atoms with Crippen LogP contribution in [0.1, 0.15) is 6.92 Å². The SMILES string of the molecule is CCOC(Br)C(=O)OCCCl. The number of esters is 1. The lowest BCUT2D eigenvalue weighted by Crippen LogP contribution is -2.21. The molecule has 11 heavy (non-hydrogen) atoms. The van der Waals surface area contributed by atoms with Gasteiger partial charge in [-0.25, -0.2) is 4.79 Å². The molecule has 0 aliphatic heterocycles. The molecule has 0 aliphatic rings. The van der Waals surface area contributed by atoms with Gasteiger partial charge in [-0.05, 0) is 22.9 Å². The number of hydrogen-bond acceptors (Lipinski definition) is 3. The molecule has 0 aromatic heterocycles. The molecule has 1 unspecified atom stereocenters. The van der Waals surface area contributed by atoms with E-state index < -0.39 is 11.0 Å². The van der Waals surface area contributed by atoms with Crippen molar-refractivity contribution in [3.05, 3.63) is 0 Å². The number of rotatable bonds is 5. The Morgan fingerprint density at radius 2 is 2.36 bits per heavy atom. The van der Waals surface area contributed by atoms with Crippen LogP contribution in [0.3, 0.4) is 0 Å². The lowest BCUT2D eigenvalue weighted by Gasteiger charge is -2.08. The van der Waals surface area contributed by atoms with Crippen molar-refractivity contribution in [1.29, 1.82) is 0 Å². The van der Waals surface area contributed by atoms with Gasteiger partial charge in [-0.3, -0.25) is 0 Å². The molecule has 0 rings (SSSR count). The summed E-state index contributed by atoms with van der Waals surface area (Å²) in [4.78, 5) is 10.8. The predicted molar refractivity (Wildman–Crippen MR) is 46.0 cm³/mol. The largest absolute Gasteiger partial charge is 0.462 e. The summed E-state index contributed by atoms with van der Waals surface area (Å²) in [5.74, 6) is -0.134. The van der Waals surface area contributed by atoms with Gasteiger partial charge in [0, 0.05) is 6.61 Å². The van der Waals surface area contributed by atoms with Gasteiger partial charge in [0.25, 0.3) is 0 Å². The van der Waals surface area contributed by atoms with E-state index in [1.807, 2.05) is 0 Å². The molecule has 5 heteroatoms. The zero-order valence-corrected chi connectivity index (χ0v) is 8.52. The molecule has 0 bridgehead atoms. The topological polar surface area (TPSA) is 35.5 Å². The summed E-state index contributed by atoms with van der Waals surface area (Å²) in [5.41, 5.74) is 0. The van der Waals surface area contributed by atoms with Crippen LogP contribution < -0.4 is 0 Å². The van der Waals surface area contributed by atoms with E-state index in [0.29, 0.717) is 12.5 Å². The van der Waals surface area contributed by atoms with Gasteiger partial charge < -0.3 is 9.47 Å². The molecule has 0 aromatic rings. The monoisotopic (exact) mass is 244 g/mol. The third kappa shape index (κ3) is 5.47. The van der Waals surface area contributed by atoms with Crippen LogP contribution in [0.15, 0.2) is 0 Å². The third-order valence-corrected chi connectivity index (χ3v) is 1.61. The molecule has 1 atom stereocenters. The van der Waals surface area contributed by atoms with E-state index in [1.54, 1.807) is 6.92 Å². The molecule has 0 saturated heterocycles. The van der Waals surface area contributed by atoms with E-state index in [1.165, 1.54) is 0 Å². The third-order valence-electron chi connectivity index (χ3n) is 0.820. The minimum Gasteiger partial charge on any atom is -0.462 e. The highest BCUT2D eigenvalue weighted by atomic mass is 79.9. The fraction of sp³-hybridized carbons (Fsp3) is 0.833. The zero-order chi connectivity index (χ0) is 8.69. The Bertz CT molecular complexity index is 120. The molecule has 0 aromatic carbocycles. The standard InChI is InChI=1S/C6H10BrClO3/c1-2-10-5(7)6(9)11-4-3-8/h5H,2-4H2,1H3. The lowest BCUT2D eigenvalue weighted by atomic mass is 10.7. The minimum absolute atomic E-state index is 0.218. The Labute approximate surface area is 79.1 Å². The van der Waals surface area contributed by atoms with Gasteiger partial charge in [-0.1, -0.05) is 0 Å². The highest BCUT2D eigenvalue weighted by Crippen LogP contribution is 2.03. The lowest BCUT2D eigenvalue weighted by molar-refractivity contribution is -0.150. The van der Waals surface area contributed by atoms with Gasteiger partial charge in [0.1, 0.15) is 6.61 Å². The van der Waals surface area contributed by atoms with Crippen molar-refractivity contribution >= 4 is 33.5 Å². The summed E-state index contributed by atoms with van der Waals surface area (Å²) in [5, 5.41) is -0.671. The van der Waals surface area contributed by atoms with Crippen LogP contribution in [-0.2, 0) is 14.3 Å². The second-order valence-corrected chi connectivity index (χ2v) is 2.84. The van der Waals surface area contributed by atoms with E-state index in [0.717, 1.165) is 0 Å². The molecule has 0 N–H and O–H groups in total. The maximum absolute atomic E-state index is 10.8. The van der Waals surface area contributed by atoms with E-state index in [-0.39, 0.29) is 6.61 Å². The molecule has 0 fully saturated rings. The van der Waals surface area contributed by atoms with Crippen LogP contribution in [0.5, 0.6) is 0 Å². The van der Waals surface area contributed by atoms with Crippen LogP contribution in [0.2, 0.25) is 0 Å². The van der Waals surface area contributed by atoms with E-state index in [4.69, 9.17) is 16.3 Å². The van der Waals surface area contributed by atoms with Crippen molar-refractivity contribution in [2.75, 3.05) is 19.1 Å². The van der Waals surface area contributed by atoms with Gasteiger partial charge >= 0.3 is 5.97 Å². The van der Waals surface area contributed by atoms with Gasteiger partial charge in [-0.15, -0.1) is 11.6 Å². The fourth-order valence-electron chi connectivity index (χ4n) is 0.419. The summed E-state index contributed by atoms with van der Waals surface area (Å²) in [6, 6.07) is 0. The number of halogens is 2. The molecule has 0 radical (unpaired) electrons. The Morgan fingerprint density at radius 3 is 2.82 bits per heavy atom. The van der Waals surface area contributed by atoms with Gasteiger partial charge in [-0.2, -0.15) is 0 Å². The van der Waals surface area contributed by atoms with Crippen molar-refractivity contribution in [2.24, 2.45) is 0 Å². The van der Waals surface area contributed by atoms with Crippen LogP contribution in [-0.4, -0.2) is 30.1 Å². The van der Waals surface area contributed by atoms with Gasteiger partial charge in [0.05, 0.1) is 5.88 Å². The van der Waals surface area contributed by atoms with Crippen molar-refractivity contribution < 1.29 is 14.3 Å². The molecule has 0 aliphatic carbocycles. The van der Waals surface area contributed by atoms with Gasteiger partial charge in [0.15, 0.2) is 0 Å². The number of alkyl halides is 2. The van der Waals surface area contributed by atoms with Crippen LogP contribution in [0.25, 0.3) is 0 Å². The Hall–Kier alpha value is 0.200. The van der Waals surface area contributed by atoms with Crippen molar-refractivity contribution in [3.63, 3.8) is 0 Å². The molecule has 0 spiro atoms. The van der Waals surface area contributed by atoms with Gasteiger partial charge in [0.2, 0.25) is 5.01 Å². The highest BCUT2D eigenvalue weighted by molar-refractivity contribution is 9.09. The summed E-state index contributed by atoms with van der Waals surface area (Å²) < 4.78 is 9.56. The number of ether oxygens (including phenoxy) is 2. The molecule has 66 valence electrons. The molecule has 0 saturated carbocycles. The average molecular weight is 245 g/mol. The maximum Gasteiger partial charge on any atom is 0.346 e. The zero-order valence-electron chi connectivity index (χ0n) is 6.18. The number of carbonyl (C=O) groups excluding carboxylic acids is 1. The Kier molecular flexibility index (Phi) is 7.01.